The van der Waals surface area contributed by atoms with Crippen LogP contribution in [0.15, 0.2) is 105 Å². The van der Waals surface area contributed by atoms with Gasteiger partial charge in [-0.3, -0.25) is 58.3 Å². The second-order valence-electron chi connectivity index (χ2n) is 32.8. The monoisotopic (exact) mass is 1550 g/mol. The highest BCUT2D eigenvalue weighted by Crippen LogP contribution is 2.41. The van der Waals surface area contributed by atoms with Crippen LogP contribution in [0.1, 0.15) is 208 Å². The highest BCUT2D eigenvalue weighted by Gasteiger charge is 2.51. The van der Waals surface area contributed by atoms with Crippen LogP contribution in [0.2, 0.25) is 0 Å². The molecule has 2 saturated heterocycles. The molecule has 0 bridgehead atoms. The average molecular weight is 1550 g/mol. The second-order valence-corrected chi connectivity index (χ2v) is 32.8. The SMILES string of the molecule is CNC1CC(C)(C)N(C(=O)[C@H](CCCN=C(N)N)NC(=O)[C@H](Cc2ccc3ccccc3c2)NC(=O)[C@@H](CCCN=C(N)N)NC(=O)CCCCCCCCCCC(=O)N[C@H](CCCN=C(N)N)C(=O)N[C@@H](Cc2ccc3ccccc3c2)C(=O)N[C@@H](CCCN=C(N)N)C(=O)N2C(C)(C)CC(NC)CC2(C)C)C(C)(C)C1. The van der Waals surface area contributed by atoms with E-state index in [-0.39, 0.29) is 137 Å². The van der Waals surface area contributed by atoms with Crippen LogP contribution >= 0.6 is 0 Å². The van der Waals surface area contributed by atoms with Crippen molar-refractivity contribution >= 4 is 92.6 Å². The first-order valence-electron chi connectivity index (χ1n) is 40.0. The van der Waals surface area contributed by atoms with Gasteiger partial charge in [0.2, 0.25) is 47.3 Å². The van der Waals surface area contributed by atoms with E-state index < -0.39 is 82.0 Å². The Labute approximate surface area is 662 Å². The molecule has 8 amide bonds. The molecule has 2 aliphatic rings. The summed E-state index contributed by atoms with van der Waals surface area (Å²) < 4.78 is 0. The van der Waals surface area contributed by atoms with Gasteiger partial charge in [-0.05, 0) is 192 Å². The summed E-state index contributed by atoms with van der Waals surface area (Å²) in [5, 5.41) is 28.6. The van der Waals surface area contributed by atoms with Gasteiger partial charge in [-0.25, -0.2) is 0 Å². The van der Waals surface area contributed by atoms with Crippen molar-refractivity contribution in [3.8, 4) is 0 Å². The summed E-state index contributed by atoms with van der Waals surface area (Å²) in [5.74, 6) is -3.99. The lowest BCUT2D eigenvalue weighted by Gasteiger charge is -2.56. The van der Waals surface area contributed by atoms with Gasteiger partial charge >= 0.3 is 0 Å². The van der Waals surface area contributed by atoms with Gasteiger partial charge in [0.25, 0.3) is 0 Å². The maximum Gasteiger partial charge on any atom is 0.246 e. The summed E-state index contributed by atoms with van der Waals surface area (Å²) in [6.45, 7) is 17.0. The number of amides is 8. The molecule has 0 radical (unpaired) electrons. The molecule has 30 heteroatoms. The number of hydrogen-bond acceptors (Lipinski definition) is 14. The predicted octanol–water partition coefficient (Wildman–Crippen LogP) is 4.34. The smallest absolute Gasteiger partial charge is 0.246 e. The largest absolute Gasteiger partial charge is 0.370 e. The molecule has 0 aromatic heterocycles. The minimum atomic E-state index is -1.19. The van der Waals surface area contributed by atoms with E-state index in [0.717, 1.165) is 71.2 Å². The van der Waals surface area contributed by atoms with Crippen molar-refractivity contribution in [2.75, 3.05) is 40.3 Å². The zero-order chi connectivity index (χ0) is 82.3. The molecule has 4 aromatic rings. The van der Waals surface area contributed by atoms with Gasteiger partial charge in [-0.15, -0.1) is 0 Å². The van der Waals surface area contributed by atoms with Crippen LogP contribution < -0.4 is 88.4 Å². The molecule has 0 saturated carbocycles. The maximum absolute atomic E-state index is 15.1. The minimum Gasteiger partial charge on any atom is -0.370 e. The Balaban J connectivity index is 1.07. The zero-order valence-electron chi connectivity index (χ0n) is 68.1. The summed E-state index contributed by atoms with van der Waals surface area (Å²) in [4.78, 5) is 137. The molecule has 0 aliphatic carbocycles. The minimum absolute atomic E-state index is 0.0604. The number of nitrogens with two attached hydrogens (primary N) is 8. The standard InChI is InChI=1S/C82H132N22O8/c1-79(2)49-59(91-9)50-80(3,4)103(79)73(111)63(33-25-43-95-77(87)88)99-71(109)65(47-53-37-39-55-27-19-21-29-57(55)45-53)101-69(107)61(31-23-41-93-75(83)84)97-67(105)35-17-15-13-11-12-14-16-18-36-68(106)98-62(32-24-42-94-76(85)86)70(108)102-66(48-54-38-40-56-28-20-22-30-58(56)46-54)72(110)100-64(34-26-44-96-78(89)90)74(112)104-81(5,6)51-60(92-10)52-82(104,7)8/h19-22,27-30,37-40,45-46,59-66,91-92H,11-18,23-26,31-36,41-44,47-52H2,1-10H3,(H,97,105)(H,98,106)(H,99,109)(H,100,110)(H,101,107)(H,102,108)(H4,83,84,93)(H4,85,86,94)(H4,87,88,95)(H4,89,90,96)/t61-,62-,63+,64+,65+,66+/m1/s1. The van der Waals surface area contributed by atoms with Crippen LogP contribution in [0.4, 0.5) is 0 Å². The lowest BCUT2D eigenvalue weighted by molar-refractivity contribution is -0.155. The number of hydrogen-bond donors (Lipinski definition) is 16. The summed E-state index contributed by atoms with van der Waals surface area (Å²) in [5.41, 5.74) is 44.5. The second kappa shape index (κ2) is 43.8. The van der Waals surface area contributed by atoms with Crippen molar-refractivity contribution in [1.29, 1.82) is 0 Å². The van der Waals surface area contributed by atoms with Crippen molar-refractivity contribution in [1.82, 2.24) is 52.3 Å². The molecular weight excluding hydrogens is 1420 g/mol. The molecular formula is C82H132N22O8. The highest BCUT2D eigenvalue weighted by molar-refractivity contribution is 5.97. The van der Waals surface area contributed by atoms with Crippen molar-refractivity contribution in [3.63, 3.8) is 0 Å². The Morgan fingerprint density at radius 2 is 0.625 bits per heavy atom. The van der Waals surface area contributed by atoms with Crippen LogP contribution in [0.3, 0.4) is 0 Å². The quantitative estimate of drug-likeness (QED) is 0.0166. The molecule has 4 aromatic carbocycles. The number of likely N-dealkylation sites (tertiary alicyclic amines) is 2. The number of benzene rings is 4. The van der Waals surface area contributed by atoms with E-state index in [9.17, 15) is 28.8 Å². The van der Waals surface area contributed by atoms with Gasteiger partial charge in [0.05, 0.1) is 0 Å². The summed E-state index contributed by atoms with van der Waals surface area (Å²) in [7, 11) is 3.83. The predicted molar refractivity (Wildman–Crippen MR) is 447 cm³/mol. The van der Waals surface area contributed by atoms with E-state index in [0.29, 0.717) is 64.2 Å². The lowest BCUT2D eigenvalue weighted by atomic mass is 9.76. The first-order valence-corrected chi connectivity index (χ1v) is 40.0. The van der Waals surface area contributed by atoms with Crippen molar-refractivity contribution in [3.05, 3.63) is 96.1 Å². The molecule has 112 heavy (non-hydrogen) atoms. The highest BCUT2D eigenvalue weighted by atomic mass is 16.2. The number of aliphatic imine (C=N–C) groups is 4. The lowest BCUT2D eigenvalue weighted by Crippen LogP contribution is -2.68. The maximum atomic E-state index is 15.1. The van der Waals surface area contributed by atoms with Crippen molar-refractivity contribution in [2.45, 2.75) is 280 Å². The number of guanidine groups is 4. The Morgan fingerprint density at radius 1 is 0.357 bits per heavy atom. The Kier molecular flexibility index (Phi) is 35.6. The summed E-state index contributed by atoms with van der Waals surface area (Å²) in [6, 6.07) is 21.0. The third-order valence-electron chi connectivity index (χ3n) is 21.3. The first kappa shape index (κ1) is 91.0. The fourth-order valence-corrected chi connectivity index (χ4v) is 16.4. The molecule has 2 fully saturated rings. The number of fused-ring (bicyclic) bond motifs is 2. The number of unbranched alkanes of at least 4 members (excludes halogenated alkanes) is 7. The molecule has 0 spiro atoms. The summed E-state index contributed by atoms with van der Waals surface area (Å²) >= 11 is 0. The van der Waals surface area contributed by atoms with Crippen LogP contribution in [0.5, 0.6) is 0 Å². The molecule has 0 unspecified atom stereocenters. The molecule has 24 N–H and O–H groups in total. The van der Waals surface area contributed by atoms with Gasteiger partial charge in [0.1, 0.15) is 36.3 Å². The van der Waals surface area contributed by atoms with Gasteiger partial charge in [0, 0.05) is 86.1 Å². The fourth-order valence-electron chi connectivity index (χ4n) is 16.4. The zero-order valence-corrected chi connectivity index (χ0v) is 68.1. The van der Waals surface area contributed by atoms with E-state index in [1.807, 2.05) is 164 Å². The van der Waals surface area contributed by atoms with Gasteiger partial charge in [-0.2, -0.15) is 0 Å². The van der Waals surface area contributed by atoms with Crippen LogP contribution in [-0.4, -0.2) is 192 Å². The number of rotatable bonds is 45. The fraction of sp³-hybridized carbons (Fsp3) is 0.610. The van der Waals surface area contributed by atoms with Gasteiger partial charge < -0.3 is 98.2 Å². The van der Waals surface area contributed by atoms with Crippen LogP contribution in [-0.2, 0) is 51.2 Å². The van der Waals surface area contributed by atoms with Gasteiger partial charge in [-0.1, -0.05) is 123 Å². The molecule has 618 valence electrons. The third-order valence-corrected chi connectivity index (χ3v) is 21.3. The Hall–Kier alpha value is -9.84. The van der Waals surface area contributed by atoms with E-state index >= 15 is 9.59 Å². The van der Waals surface area contributed by atoms with E-state index in [2.05, 4.69) is 62.5 Å². The first-order chi connectivity index (χ1) is 53.0. The molecule has 6 atom stereocenters. The molecule has 6 rings (SSSR count). The topological polar surface area (TPSA) is 497 Å². The Morgan fingerprint density at radius 3 is 0.920 bits per heavy atom. The molecule has 2 heterocycles. The number of carbonyl (C=O) groups is 8. The average Bonchev–Trinajstić information content (AvgIpc) is 0.759. The summed E-state index contributed by atoms with van der Waals surface area (Å²) in [6.07, 6.45) is 11.2. The number of nitrogens with zero attached hydrogens (tertiary/aromatic N) is 6. The third kappa shape index (κ3) is 29.4. The molecule has 2 aliphatic heterocycles. The number of nitrogens with one attached hydrogen (secondary N) is 8. The van der Waals surface area contributed by atoms with E-state index in [1.54, 1.807) is 0 Å². The van der Waals surface area contributed by atoms with E-state index in [4.69, 9.17) is 45.9 Å². The van der Waals surface area contributed by atoms with Crippen molar-refractivity contribution < 1.29 is 38.4 Å². The van der Waals surface area contributed by atoms with Crippen molar-refractivity contribution in [2.24, 2.45) is 65.8 Å². The van der Waals surface area contributed by atoms with E-state index in [1.165, 1.54) is 0 Å². The Bertz CT molecular complexity index is 3610. The molecule has 30 nitrogen and oxygen atoms in total. The number of carbonyl (C=O) groups excluding carboxylic acids is 8. The van der Waals surface area contributed by atoms with Gasteiger partial charge in [0.15, 0.2) is 23.8 Å². The number of piperidine rings is 2. The van der Waals surface area contributed by atoms with Crippen LogP contribution in [0, 0.1) is 0 Å². The normalized spacial score (nSPS) is 16.7. The van der Waals surface area contributed by atoms with Crippen LogP contribution in [0.25, 0.3) is 21.5 Å².